The molecule has 0 bridgehead atoms. The van der Waals surface area contributed by atoms with Crippen LogP contribution in [0.1, 0.15) is 6.92 Å². The molecule has 0 radical (unpaired) electrons. The molecule has 0 aromatic heterocycles. The molecule has 0 heterocycles. The third kappa shape index (κ3) is 4.15. The van der Waals surface area contributed by atoms with Gasteiger partial charge in [-0.3, -0.25) is 0 Å². The Bertz CT molecular complexity index is 65.4. The van der Waals surface area contributed by atoms with Crippen LogP contribution in [0.4, 0.5) is 0 Å². The molecule has 0 unspecified atom stereocenters. The van der Waals surface area contributed by atoms with Gasteiger partial charge in [0.1, 0.15) is 12.4 Å². The highest BCUT2D eigenvalue weighted by atomic mass is 32.2. The Morgan fingerprint density at radius 1 is 1.88 bits per heavy atom. The van der Waals surface area contributed by atoms with E-state index in [4.69, 9.17) is 4.74 Å². The lowest BCUT2D eigenvalue weighted by Gasteiger charge is -2.01. The zero-order chi connectivity index (χ0) is 6.41. The Morgan fingerprint density at radius 3 is 2.88 bits per heavy atom. The normalized spacial score (nSPS) is 13.2. The molecule has 0 aromatic rings. The maximum absolute atomic E-state index is 9.88. The maximum Gasteiger partial charge on any atom is 0.148 e. The third-order valence-corrected chi connectivity index (χ3v) is 1.01. The molecule has 0 fully saturated rings. The molecule has 0 N–H and O–H groups in total. The molecule has 0 amide bonds. The number of carbonyl (C=O) groups is 1. The summed E-state index contributed by atoms with van der Waals surface area (Å²) in [5, 5.41) is 0. The molecule has 0 aliphatic rings. The van der Waals surface area contributed by atoms with E-state index in [1.165, 1.54) is 0 Å². The average Bonchev–Trinajstić information content (AvgIpc) is 1.83. The van der Waals surface area contributed by atoms with Gasteiger partial charge in [-0.25, -0.2) is 0 Å². The smallest absolute Gasteiger partial charge is 0.148 e. The molecular weight excluding hydrogens is 124 g/mol. The summed E-state index contributed by atoms with van der Waals surface area (Å²) in [4.78, 5) is 9.88. The second-order valence-electron chi connectivity index (χ2n) is 1.41. The molecule has 0 aliphatic heterocycles. The highest BCUT2D eigenvalue weighted by molar-refractivity contribution is 7.98. The second-order valence-corrected chi connectivity index (χ2v) is 2.23. The van der Waals surface area contributed by atoms with Crippen LogP contribution in [0.25, 0.3) is 0 Å². The van der Waals surface area contributed by atoms with E-state index in [0.29, 0.717) is 5.94 Å². The third-order valence-electron chi connectivity index (χ3n) is 0.640. The van der Waals surface area contributed by atoms with Crippen molar-refractivity contribution in [1.82, 2.24) is 0 Å². The lowest BCUT2D eigenvalue weighted by molar-refractivity contribution is -0.115. The molecule has 0 saturated heterocycles. The van der Waals surface area contributed by atoms with Gasteiger partial charge in [0.05, 0.1) is 5.94 Å². The largest absolute Gasteiger partial charge is 0.360 e. The van der Waals surface area contributed by atoms with Crippen molar-refractivity contribution < 1.29 is 9.53 Å². The van der Waals surface area contributed by atoms with Crippen LogP contribution in [-0.2, 0) is 9.53 Å². The van der Waals surface area contributed by atoms with Gasteiger partial charge in [0.25, 0.3) is 0 Å². The summed E-state index contributed by atoms with van der Waals surface area (Å²) in [6.07, 6.45) is 2.47. The minimum Gasteiger partial charge on any atom is -0.360 e. The quantitative estimate of drug-likeness (QED) is 0.422. The lowest BCUT2D eigenvalue weighted by Crippen LogP contribution is -2.07. The minimum atomic E-state index is -0.248. The topological polar surface area (TPSA) is 26.3 Å². The first kappa shape index (κ1) is 7.98. The Kier molecular flexibility index (Phi) is 5.11. The summed E-state index contributed by atoms with van der Waals surface area (Å²) in [6.45, 7) is 1.73. The van der Waals surface area contributed by atoms with Crippen LogP contribution < -0.4 is 0 Å². The molecule has 2 nitrogen and oxygen atoms in total. The molecule has 48 valence electrons. The number of hydrogen-bond donors (Lipinski definition) is 0. The Morgan fingerprint density at radius 2 is 2.50 bits per heavy atom. The van der Waals surface area contributed by atoms with Crippen molar-refractivity contribution in [3.05, 3.63) is 0 Å². The molecule has 1 atom stereocenters. The predicted molar refractivity (Wildman–Crippen MR) is 35.0 cm³/mol. The van der Waals surface area contributed by atoms with Crippen molar-refractivity contribution in [3.63, 3.8) is 0 Å². The van der Waals surface area contributed by atoms with Gasteiger partial charge in [-0.05, 0) is 13.2 Å². The van der Waals surface area contributed by atoms with E-state index in [2.05, 4.69) is 0 Å². The van der Waals surface area contributed by atoms with Crippen LogP contribution in [-0.4, -0.2) is 24.6 Å². The van der Waals surface area contributed by atoms with Crippen molar-refractivity contribution in [3.8, 4) is 0 Å². The number of rotatable bonds is 4. The molecule has 0 aromatic carbocycles. The van der Waals surface area contributed by atoms with Gasteiger partial charge in [0.15, 0.2) is 0 Å². The minimum absolute atomic E-state index is 0.248. The fourth-order valence-corrected chi connectivity index (χ4v) is 0.565. The molecule has 8 heavy (non-hydrogen) atoms. The van der Waals surface area contributed by atoms with Crippen LogP contribution in [0.5, 0.6) is 0 Å². The van der Waals surface area contributed by atoms with E-state index in [-0.39, 0.29) is 6.10 Å². The van der Waals surface area contributed by atoms with Gasteiger partial charge >= 0.3 is 0 Å². The summed E-state index contributed by atoms with van der Waals surface area (Å²) in [5.41, 5.74) is 0. The van der Waals surface area contributed by atoms with Gasteiger partial charge in [-0.15, -0.1) is 11.8 Å². The van der Waals surface area contributed by atoms with Gasteiger partial charge in [0.2, 0.25) is 0 Å². The molecule has 0 saturated carbocycles. The molecular formula is C5H10O2S. The lowest BCUT2D eigenvalue weighted by atomic mass is 10.5. The number of carbonyl (C=O) groups excluding carboxylic acids is 1. The SMILES string of the molecule is CSCO[C@@H](C)C=O. The van der Waals surface area contributed by atoms with E-state index in [1.807, 2.05) is 6.26 Å². The fourth-order valence-electron chi connectivity index (χ4n) is 0.215. The van der Waals surface area contributed by atoms with Crippen molar-refractivity contribution in [2.24, 2.45) is 0 Å². The first-order valence-electron chi connectivity index (χ1n) is 2.37. The van der Waals surface area contributed by atoms with Crippen LogP contribution >= 0.6 is 11.8 Å². The highest BCUT2D eigenvalue weighted by Gasteiger charge is 1.94. The van der Waals surface area contributed by atoms with Gasteiger partial charge in [0, 0.05) is 0 Å². The number of thioether (sulfide) groups is 1. The standard InChI is InChI=1S/C5H10O2S/c1-5(3-6)7-4-8-2/h3,5H,4H2,1-2H3/t5-/m0/s1. The molecule has 0 rings (SSSR count). The van der Waals surface area contributed by atoms with E-state index >= 15 is 0 Å². The number of ether oxygens (including phenoxy) is 1. The number of aldehydes is 1. The Hall–Kier alpha value is -0.0200. The molecule has 3 heteroatoms. The highest BCUT2D eigenvalue weighted by Crippen LogP contribution is 1.94. The summed E-state index contributed by atoms with van der Waals surface area (Å²) >= 11 is 1.56. The summed E-state index contributed by atoms with van der Waals surface area (Å²) in [6, 6.07) is 0. The van der Waals surface area contributed by atoms with E-state index < -0.39 is 0 Å². The van der Waals surface area contributed by atoms with Crippen molar-refractivity contribution in [2.75, 3.05) is 12.2 Å². The Balaban J connectivity index is 2.98. The maximum atomic E-state index is 9.88. The monoisotopic (exact) mass is 134 g/mol. The predicted octanol–water partition coefficient (Wildman–Crippen LogP) is 0.911. The fraction of sp³-hybridized carbons (Fsp3) is 0.800. The second kappa shape index (κ2) is 5.12. The van der Waals surface area contributed by atoms with Crippen molar-refractivity contribution >= 4 is 18.0 Å². The summed E-state index contributed by atoms with van der Waals surface area (Å²) < 4.78 is 4.94. The van der Waals surface area contributed by atoms with Crippen LogP contribution in [0.15, 0.2) is 0 Å². The van der Waals surface area contributed by atoms with Crippen LogP contribution in [0, 0.1) is 0 Å². The van der Waals surface area contributed by atoms with Gasteiger partial charge < -0.3 is 9.53 Å². The van der Waals surface area contributed by atoms with Crippen LogP contribution in [0.2, 0.25) is 0 Å². The average molecular weight is 134 g/mol. The molecule has 0 spiro atoms. The van der Waals surface area contributed by atoms with E-state index in [9.17, 15) is 4.79 Å². The zero-order valence-corrected chi connectivity index (χ0v) is 5.90. The number of hydrogen-bond acceptors (Lipinski definition) is 3. The first-order chi connectivity index (χ1) is 3.81. The van der Waals surface area contributed by atoms with E-state index in [1.54, 1.807) is 18.7 Å². The Labute approximate surface area is 53.6 Å². The first-order valence-corrected chi connectivity index (χ1v) is 3.76. The zero-order valence-electron chi connectivity index (χ0n) is 5.09. The molecule has 0 aliphatic carbocycles. The van der Waals surface area contributed by atoms with Crippen molar-refractivity contribution in [1.29, 1.82) is 0 Å². The summed E-state index contributed by atoms with van der Waals surface area (Å²) in [5.74, 6) is 0.597. The van der Waals surface area contributed by atoms with E-state index in [0.717, 1.165) is 6.29 Å². The van der Waals surface area contributed by atoms with Crippen LogP contribution in [0.3, 0.4) is 0 Å². The summed E-state index contributed by atoms with van der Waals surface area (Å²) in [7, 11) is 0. The van der Waals surface area contributed by atoms with Gasteiger partial charge in [-0.1, -0.05) is 0 Å². The van der Waals surface area contributed by atoms with Crippen molar-refractivity contribution in [2.45, 2.75) is 13.0 Å². The van der Waals surface area contributed by atoms with Gasteiger partial charge in [-0.2, -0.15) is 0 Å².